The van der Waals surface area contributed by atoms with Gasteiger partial charge in [0.1, 0.15) is 12.1 Å². The molecule has 0 aromatic carbocycles. The average molecular weight is 616 g/mol. The van der Waals surface area contributed by atoms with E-state index in [1.54, 1.807) is 6.33 Å². The van der Waals surface area contributed by atoms with E-state index in [0.717, 1.165) is 112 Å². The van der Waals surface area contributed by atoms with Gasteiger partial charge in [0.2, 0.25) is 11.8 Å². The van der Waals surface area contributed by atoms with Gasteiger partial charge < -0.3 is 19.6 Å². The zero-order chi connectivity index (χ0) is 31.3. The Morgan fingerprint density at radius 1 is 0.911 bits per heavy atom. The van der Waals surface area contributed by atoms with Crippen LogP contribution in [0.5, 0.6) is 0 Å². The third-order valence-electron chi connectivity index (χ3n) is 9.72. The molecule has 3 aliphatic rings. The number of carbonyl (C=O) groups is 2. The monoisotopic (exact) mass is 615 g/mol. The van der Waals surface area contributed by atoms with Crippen molar-refractivity contribution < 1.29 is 9.59 Å². The molecule has 1 aliphatic heterocycles. The number of fused-ring (bicyclic) bond motifs is 1. The predicted molar refractivity (Wildman–Crippen MR) is 175 cm³/mol. The van der Waals surface area contributed by atoms with E-state index in [-0.39, 0.29) is 11.8 Å². The van der Waals surface area contributed by atoms with Gasteiger partial charge in [0, 0.05) is 63.3 Å². The molecule has 2 amide bonds. The first-order valence-electron chi connectivity index (χ1n) is 17.0. The first-order chi connectivity index (χ1) is 21.9. The van der Waals surface area contributed by atoms with Gasteiger partial charge in [-0.1, -0.05) is 19.4 Å². The molecule has 0 spiro atoms. The molecule has 11 heteroatoms. The normalized spacial score (nSPS) is 20.6. The van der Waals surface area contributed by atoms with Crippen LogP contribution in [0.2, 0.25) is 0 Å². The van der Waals surface area contributed by atoms with Crippen LogP contribution in [0, 0.1) is 17.8 Å². The highest BCUT2D eigenvalue weighted by Crippen LogP contribution is 2.34. The third-order valence-corrected chi connectivity index (χ3v) is 9.72. The van der Waals surface area contributed by atoms with Crippen LogP contribution in [0.15, 0.2) is 30.7 Å². The number of likely N-dealkylation sites (N-methyl/N-ethyl adjacent to an activating group) is 1. The quantitative estimate of drug-likeness (QED) is 0.305. The minimum Gasteiger partial charge on any atom is -0.352 e. The van der Waals surface area contributed by atoms with Crippen LogP contribution in [0.3, 0.4) is 0 Å². The number of piperazine rings is 1. The Morgan fingerprint density at radius 2 is 1.64 bits per heavy atom. The minimum atomic E-state index is 0.0931. The fourth-order valence-electron chi connectivity index (χ4n) is 6.92. The summed E-state index contributed by atoms with van der Waals surface area (Å²) in [5.74, 6) is 2.36. The molecule has 0 unspecified atom stereocenters. The van der Waals surface area contributed by atoms with E-state index in [2.05, 4.69) is 67.8 Å². The third kappa shape index (κ3) is 7.62. The predicted octanol–water partition coefficient (Wildman–Crippen LogP) is 3.48. The fourth-order valence-corrected chi connectivity index (χ4v) is 6.92. The standard InChI is InChI=1S/C34H49N9O2/c1-4-6-28-7-5-8-29(38-28)23-43-32-30(21-37-43)31(35-24-36-32)40-17-19-41(20-18-40)33(44)26-11-9-25(10-12-26)22-42(16-15-39(2)3)34(45)27-13-14-27/h5,7-8,21,24-27H,4,6,9-20,22-23H2,1-3H3/t25-,26-. The van der Waals surface area contributed by atoms with E-state index in [0.29, 0.717) is 37.4 Å². The van der Waals surface area contributed by atoms with Crippen molar-refractivity contribution in [2.75, 3.05) is 64.8 Å². The van der Waals surface area contributed by atoms with Crippen LogP contribution in [-0.4, -0.2) is 111 Å². The van der Waals surface area contributed by atoms with E-state index in [9.17, 15) is 9.59 Å². The van der Waals surface area contributed by atoms with Crippen LogP contribution < -0.4 is 4.90 Å². The van der Waals surface area contributed by atoms with Crippen LogP contribution >= 0.6 is 0 Å². The fraction of sp³-hybridized carbons (Fsp3) is 0.647. The smallest absolute Gasteiger partial charge is 0.225 e. The Kier molecular flexibility index (Phi) is 9.92. The number of carbonyl (C=O) groups excluding carboxylic acids is 2. The zero-order valence-electron chi connectivity index (χ0n) is 27.3. The van der Waals surface area contributed by atoms with Gasteiger partial charge in [0.05, 0.1) is 23.8 Å². The molecule has 3 aromatic heterocycles. The molecule has 45 heavy (non-hydrogen) atoms. The van der Waals surface area contributed by atoms with Gasteiger partial charge in [-0.3, -0.25) is 14.6 Å². The van der Waals surface area contributed by atoms with Crippen molar-refractivity contribution in [1.29, 1.82) is 0 Å². The molecule has 2 saturated carbocycles. The van der Waals surface area contributed by atoms with Crippen molar-refractivity contribution in [3.63, 3.8) is 0 Å². The first-order valence-corrected chi connectivity index (χ1v) is 17.0. The summed E-state index contributed by atoms with van der Waals surface area (Å²) in [6, 6.07) is 6.17. The Labute approximate surface area is 267 Å². The molecule has 0 bridgehead atoms. The lowest BCUT2D eigenvalue weighted by molar-refractivity contribution is -0.138. The van der Waals surface area contributed by atoms with Crippen molar-refractivity contribution in [3.05, 3.63) is 42.1 Å². The lowest BCUT2D eigenvalue weighted by atomic mass is 9.81. The molecule has 0 atom stereocenters. The van der Waals surface area contributed by atoms with Crippen LogP contribution in [0.1, 0.15) is 63.3 Å². The highest BCUT2D eigenvalue weighted by atomic mass is 16.2. The summed E-state index contributed by atoms with van der Waals surface area (Å²) in [6.45, 7) is 8.13. The zero-order valence-corrected chi connectivity index (χ0v) is 27.3. The summed E-state index contributed by atoms with van der Waals surface area (Å²) >= 11 is 0. The summed E-state index contributed by atoms with van der Waals surface area (Å²) in [5, 5.41) is 5.58. The molecular weight excluding hydrogens is 566 g/mol. The largest absolute Gasteiger partial charge is 0.352 e. The molecule has 6 rings (SSSR count). The average Bonchev–Trinajstić information content (AvgIpc) is 3.83. The van der Waals surface area contributed by atoms with Gasteiger partial charge in [0.15, 0.2) is 5.65 Å². The number of pyridine rings is 1. The van der Waals surface area contributed by atoms with E-state index in [4.69, 9.17) is 4.98 Å². The maximum atomic E-state index is 13.6. The maximum Gasteiger partial charge on any atom is 0.225 e. The molecule has 0 N–H and O–H groups in total. The molecule has 0 radical (unpaired) electrons. The molecule has 11 nitrogen and oxygen atoms in total. The van der Waals surface area contributed by atoms with Gasteiger partial charge in [-0.15, -0.1) is 0 Å². The van der Waals surface area contributed by atoms with E-state index in [1.165, 1.54) is 0 Å². The maximum absolute atomic E-state index is 13.6. The van der Waals surface area contributed by atoms with Crippen LogP contribution in [-0.2, 0) is 22.6 Å². The number of rotatable bonds is 12. The molecule has 4 heterocycles. The summed E-state index contributed by atoms with van der Waals surface area (Å²) in [4.78, 5) is 49.0. The molecule has 3 fully saturated rings. The van der Waals surface area contributed by atoms with E-state index < -0.39 is 0 Å². The number of aromatic nitrogens is 5. The van der Waals surface area contributed by atoms with Crippen LogP contribution in [0.25, 0.3) is 11.0 Å². The lowest BCUT2D eigenvalue weighted by Crippen LogP contribution is -2.51. The molecule has 1 saturated heterocycles. The Morgan fingerprint density at radius 3 is 2.36 bits per heavy atom. The first kappa shape index (κ1) is 31.4. The van der Waals surface area contributed by atoms with Crippen molar-refractivity contribution >= 4 is 28.7 Å². The van der Waals surface area contributed by atoms with Crippen molar-refractivity contribution in [2.45, 2.75) is 64.8 Å². The Balaban J connectivity index is 1.01. The summed E-state index contributed by atoms with van der Waals surface area (Å²) in [7, 11) is 4.12. The van der Waals surface area contributed by atoms with Gasteiger partial charge in [0.25, 0.3) is 0 Å². The summed E-state index contributed by atoms with van der Waals surface area (Å²) in [6.07, 6.45) is 11.5. The van der Waals surface area contributed by atoms with Crippen molar-refractivity contribution in [1.82, 2.24) is 39.4 Å². The SMILES string of the molecule is CCCc1cccc(Cn2ncc3c(N4CCN(C(=O)[C@H]5CC[C@H](CN(CCN(C)C)C(=O)C6CC6)CC5)CC4)ncnc32)n1. The molecule has 3 aromatic rings. The minimum absolute atomic E-state index is 0.0931. The second-order valence-corrected chi connectivity index (χ2v) is 13.5. The Hall–Kier alpha value is -3.60. The number of hydrogen-bond acceptors (Lipinski definition) is 8. The van der Waals surface area contributed by atoms with Crippen molar-refractivity contribution in [2.24, 2.45) is 17.8 Å². The van der Waals surface area contributed by atoms with Gasteiger partial charge in [-0.2, -0.15) is 5.10 Å². The number of anilines is 1. The van der Waals surface area contributed by atoms with Gasteiger partial charge in [-0.25, -0.2) is 14.6 Å². The lowest BCUT2D eigenvalue weighted by Gasteiger charge is -2.39. The van der Waals surface area contributed by atoms with Crippen LogP contribution in [0.4, 0.5) is 5.82 Å². The highest BCUT2D eigenvalue weighted by Gasteiger charge is 2.36. The molecule has 242 valence electrons. The highest BCUT2D eigenvalue weighted by molar-refractivity contribution is 5.87. The van der Waals surface area contributed by atoms with E-state index >= 15 is 0 Å². The van der Waals surface area contributed by atoms with Crippen molar-refractivity contribution in [3.8, 4) is 0 Å². The second-order valence-electron chi connectivity index (χ2n) is 13.5. The number of amides is 2. The molecule has 2 aliphatic carbocycles. The Bertz CT molecular complexity index is 1450. The number of nitrogens with zero attached hydrogens (tertiary/aromatic N) is 9. The van der Waals surface area contributed by atoms with Gasteiger partial charge >= 0.3 is 0 Å². The van der Waals surface area contributed by atoms with E-state index in [1.807, 2.05) is 16.9 Å². The topological polar surface area (TPSA) is 104 Å². The van der Waals surface area contributed by atoms with Gasteiger partial charge in [-0.05, 0) is 77.1 Å². The summed E-state index contributed by atoms with van der Waals surface area (Å²) < 4.78 is 1.90. The second kappa shape index (κ2) is 14.2. The number of aryl methyl sites for hydroxylation is 1. The number of hydrogen-bond donors (Lipinski definition) is 0. The summed E-state index contributed by atoms with van der Waals surface area (Å²) in [5.41, 5.74) is 2.88. The molecular formula is C34H49N9O2.